The van der Waals surface area contributed by atoms with E-state index in [4.69, 9.17) is 4.74 Å². The molecule has 32 heavy (non-hydrogen) atoms. The second-order valence-electron chi connectivity index (χ2n) is 6.96. The lowest BCUT2D eigenvalue weighted by Crippen LogP contribution is -2.18. The number of thioether (sulfide) groups is 1. The second kappa shape index (κ2) is 11.1. The molecule has 0 bridgehead atoms. The van der Waals surface area contributed by atoms with Gasteiger partial charge < -0.3 is 19.9 Å². The van der Waals surface area contributed by atoms with Gasteiger partial charge in [-0.2, -0.15) is 0 Å². The molecule has 3 rings (SSSR count). The second-order valence-corrected chi connectivity index (χ2v) is 7.90. The van der Waals surface area contributed by atoms with Gasteiger partial charge in [-0.3, -0.25) is 9.59 Å². The Morgan fingerprint density at radius 2 is 1.81 bits per heavy atom. The summed E-state index contributed by atoms with van der Waals surface area (Å²) in [4.78, 5) is 24.8. The molecule has 0 aliphatic rings. The predicted octanol–water partition coefficient (Wildman–Crippen LogP) is 3.69. The number of hydrogen-bond donors (Lipinski definition) is 2. The van der Waals surface area contributed by atoms with Crippen molar-refractivity contribution >= 4 is 35.0 Å². The van der Waals surface area contributed by atoms with Crippen molar-refractivity contribution in [2.45, 2.75) is 25.0 Å². The number of ether oxygens (including phenoxy) is 1. The summed E-state index contributed by atoms with van der Waals surface area (Å²) >= 11 is 1.24. The predicted molar refractivity (Wildman–Crippen MR) is 126 cm³/mol. The van der Waals surface area contributed by atoms with Crippen LogP contribution >= 0.6 is 11.8 Å². The Hall–Kier alpha value is -3.59. The topological polar surface area (TPSA) is 98.1 Å². The molecule has 0 saturated carbocycles. The molecule has 0 saturated heterocycles. The van der Waals surface area contributed by atoms with Gasteiger partial charge in [0, 0.05) is 24.0 Å². The van der Waals surface area contributed by atoms with E-state index in [1.54, 1.807) is 42.0 Å². The molecule has 9 heteroatoms. The average molecular weight is 452 g/mol. The fourth-order valence-electron chi connectivity index (χ4n) is 2.97. The van der Waals surface area contributed by atoms with Crippen LogP contribution in [0.25, 0.3) is 0 Å². The highest BCUT2D eigenvalue weighted by molar-refractivity contribution is 7.99. The summed E-state index contributed by atoms with van der Waals surface area (Å²) in [6.45, 7) is 6.16. The van der Waals surface area contributed by atoms with E-state index < -0.39 is 0 Å². The molecule has 3 aromatic rings. The molecule has 166 valence electrons. The van der Waals surface area contributed by atoms with Crippen molar-refractivity contribution in [1.82, 2.24) is 14.8 Å². The maximum Gasteiger partial charge on any atom is 0.234 e. The summed E-state index contributed by atoms with van der Waals surface area (Å²) in [5, 5.41) is 14.6. The number of nitrogens with zero attached hydrogens (tertiary/aromatic N) is 3. The normalized spacial score (nSPS) is 10.4. The Morgan fingerprint density at radius 3 is 2.53 bits per heavy atom. The summed E-state index contributed by atoms with van der Waals surface area (Å²) in [7, 11) is 1.57. The Morgan fingerprint density at radius 1 is 1.09 bits per heavy atom. The summed E-state index contributed by atoms with van der Waals surface area (Å²) in [5.74, 6) is 0.929. The zero-order chi connectivity index (χ0) is 22.9. The van der Waals surface area contributed by atoms with Crippen molar-refractivity contribution in [2.75, 3.05) is 23.5 Å². The maximum absolute atomic E-state index is 12.5. The number of carbonyl (C=O) groups excluding carboxylic acids is 2. The van der Waals surface area contributed by atoms with Crippen LogP contribution in [0.2, 0.25) is 0 Å². The lowest BCUT2D eigenvalue weighted by Gasteiger charge is -2.09. The number of carbonyl (C=O) groups is 2. The number of amides is 2. The van der Waals surface area contributed by atoms with Crippen LogP contribution in [0.3, 0.4) is 0 Å². The van der Waals surface area contributed by atoms with E-state index >= 15 is 0 Å². The van der Waals surface area contributed by atoms with Crippen molar-refractivity contribution in [3.05, 3.63) is 72.6 Å². The molecule has 8 nitrogen and oxygen atoms in total. The van der Waals surface area contributed by atoms with Crippen LogP contribution in [0.15, 0.2) is 66.3 Å². The van der Waals surface area contributed by atoms with Gasteiger partial charge in [-0.25, -0.2) is 0 Å². The largest absolute Gasteiger partial charge is 0.497 e. The molecule has 0 spiro atoms. The third-order valence-corrected chi connectivity index (χ3v) is 5.38. The molecular formula is C23H25N5O3S. The van der Waals surface area contributed by atoms with E-state index in [0.717, 1.165) is 11.3 Å². The van der Waals surface area contributed by atoms with Crippen LogP contribution in [-0.4, -0.2) is 39.4 Å². The van der Waals surface area contributed by atoms with Gasteiger partial charge in [-0.1, -0.05) is 36.0 Å². The van der Waals surface area contributed by atoms with E-state index in [0.29, 0.717) is 29.0 Å². The van der Waals surface area contributed by atoms with Crippen LogP contribution in [0.4, 0.5) is 11.4 Å². The molecule has 0 atom stereocenters. The minimum atomic E-state index is -0.194. The van der Waals surface area contributed by atoms with Gasteiger partial charge in [0.25, 0.3) is 0 Å². The minimum absolute atomic E-state index is 0.0609. The number of nitrogens with one attached hydrogen (secondary N) is 2. The third kappa shape index (κ3) is 6.45. The number of aryl methyl sites for hydroxylation is 1. The number of methoxy groups -OCH3 is 1. The van der Waals surface area contributed by atoms with Crippen molar-refractivity contribution < 1.29 is 14.3 Å². The summed E-state index contributed by atoms with van der Waals surface area (Å²) in [5.41, 5.74) is 2.44. The number of anilines is 2. The Bertz CT molecular complexity index is 1110. The van der Waals surface area contributed by atoms with Crippen LogP contribution in [0.5, 0.6) is 5.75 Å². The van der Waals surface area contributed by atoms with Crippen molar-refractivity contribution in [2.24, 2.45) is 0 Å². The van der Waals surface area contributed by atoms with Crippen LogP contribution in [0, 0.1) is 6.92 Å². The molecule has 0 aliphatic heterocycles. The van der Waals surface area contributed by atoms with Gasteiger partial charge in [0.05, 0.1) is 19.3 Å². The first-order valence-corrected chi connectivity index (χ1v) is 10.9. The van der Waals surface area contributed by atoms with E-state index in [-0.39, 0.29) is 24.0 Å². The van der Waals surface area contributed by atoms with Crippen molar-refractivity contribution in [3.8, 4) is 5.75 Å². The third-order valence-electron chi connectivity index (χ3n) is 4.41. The van der Waals surface area contributed by atoms with E-state index in [1.807, 2.05) is 31.2 Å². The highest BCUT2D eigenvalue weighted by Gasteiger charge is 2.16. The smallest absolute Gasteiger partial charge is 0.234 e. The first kappa shape index (κ1) is 23.1. The SMILES string of the molecule is C=CCn1c(CC(=O)Nc2cccc(C)c2)nnc1SCC(=O)Nc1cccc(OC)c1. The Kier molecular flexibility index (Phi) is 8.04. The quantitative estimate of drug-likeness (QED) is 0.360. The van der Waals surface area contributed by atoms with Gasteiger partial charge in [0.2, 0.25) is 11.8 Å². The monoisotopic (exact) mass is 451 g/mol. The Labute approximate surface area is 191 Å². The van der Waals surface area contributed by atoms with E-state index in [2.05, 4.69) is 27.4 Å². The van der Waals surface area contributed by atoms with Crippen molar-refractivity contribution in [3.63, 3.8) is 0 Å². The van der Waals surface area contributed by atoms with Gasteiger partial charge in [-0.05, 0) is 36.8 Å². The summed E-state index contributed by atoms with van der Waals surface area (Å²) in [6, 6.07) is 14.7. The van der Waals surface area contributed by atoms with Gasteiger partial charge >= 0.3 is 0 Å². The molecule has 2 N–H and O–H groups in total. The molecule has 0 fully saturated rings. The average Bonchev–Trinajstić information content (AvgIpc) is 3.13. The molecular weight excluding hydrogens is 426 g/mol. The lowest BCUT2D eigenvalue weighted by molar-refractivity contribution is -0.116. The van der Waals surface area contributed by atoms with Gasteiger partial charge in [-0.15, -0.1) is 16.8 Å². The number of aromatic nitrogens is 3. The standard InChI is InChI=1S/C23H25N5O3S/c1-4-11-28-20(14-21(29)24-17-8-5-7-16(2)12-17)26-27-23(28)32-15-22(30)25-18-9-6-10-19(13-18)31-3/h4-10,12-13H,1,11,14-15H2,2-3H3,(H,24,29)(H,25,30). The molecule has 0 unspecified atom stereocenters. The summed E-state index contributed by atoms with van der Waals surface area (Å²) in [6.07, 6.45) is 1.76. The lowest BCUT2D eigenvalue weighted by atomic mass is 10.2. The number of allylic oxidation sites excluding steroid dienone is 1. The van der Waals surface area contributed by atoms with Crippen LogP contribution in [-0.2, 0) is 22.6 Å². The first-order valence-electron chi connectivity index (χ1n) is 9.94. The molecule has 1 aromatic heterocycles. The highest BCUT2D eigenvalue weighted by atomic mass is 32.2. The highest BCUT2D eigenvalue weighted by Crippen LogP contribution is 2.20. The molecule has 0 aliphatic carbocycles. The first-order chi connectivity index (χ1) is 15.5. The number of rotatable bonds is 10. The molecule has 2 aromatic carbocycles. The number of hydrogen-bond acceptors (Lipinski definition) is 6. The molecule has 2 amide bonds. The van der Waals surface area contributed by atoms with Crippen molar-refractivity contribution in [1.29, 1.82) is 0 Å². The van der Waals surface area contributed by atoms with Crippen LogP contribution < -0.4 is 15.4 Å². The number of benzene rings is 2. The molecule has 1 heterocycles. The minimum Gasteiger partial charge on any atom is -0.497 e. The fraction of sp³-hybridized carbons (Fsp3) is 0.217. The maximum atomic E-state index is 12.5. The van der Waals surface area contributed by atoms with Gasteiger partial charge in [0.15, 0.2) is 5.16 Å². The zero-order valence-electron chi connectivity index (χ0n) is 18.0. The summed E-state index contributed by atoms with van der Waals surface area (Å²) < 4.78 is 6.95. The van der Waals surface area contributed by atoms with Crippen LogP contribution in [0.1, 0.15) is 11.4 Å². The Balaban J connectivity index is 1.61. The van der Waals surface area contributed by atoms with Gasteiger partial charge in [0.1, 0.15) is 11.6 Å². The molecule has 0 radical (unpaired) electrons. The fourth-order valence-corrected chi connectivity index (χ4v) is 3.74. The van der Waals surface area contributed by atoms with E-state index in [1.165, 1.54) is 11.8 Å². The van der Waals surface area contributed by atoms with E-state index in [9.17, 15) is 9.59 Å². The zero-order valence-corrected chi connectivity index (χ0v) is 18.8.